The number of hydrogen-bond donors (Lipinski definition) is 2. The second kappa shape index (κ2) is 10.3. The lowest BCUT2D eigenvalue weighted by atomic mass is 9.49. The molecule has 10 rings (SSSR count). The molecule has 9 nitrogen and oxygen atoms in total. The van der Waals surface area contributed by atoms with Crippen LogP contribution < -0.4 is 10.2 Å². The molecule has 4 bridgehead atoms. The maximum Gasteiger partial charge on any atom is 0.336 e. The number of thiazole rings is 1. The Morgan fingerprint density at radius 3 is 2.40 bits per heavy atom. The SMILES string of the molecule is Cc1c(-c2ccc3c(c2C(=O)O)C(C)(C)CN3c2ccc(Nc3nc4ccccc4s3)nn2)cnn1CC12CC3CC(CC(C3)C1)C2. The summed E-state index contributed by atoms with van der Waals surface area (Å²) in [7, 11) is 0. The van der Waals surface area contributed by atoms with Gasteiger partial charge in [0.25, 0.3) is 0 Å². The Labute approximate surface area is 278 Å². The van der Waals surface area contributed by atoms with Crippen LogP contribution in [0.4, 0.5) is 22.5 Å². The van der Waals surface area contributed by atoms with E-state index in [0.717, 1.165) is 67.7 Å². The molecule has 240 valence electrons. The minimum atomic E-state index is -0.915. The van der Waals surface area contributed by atoms with E-state index in [-0.39, 0.29) is 0 Å². The smallest absolute Gasteiger partial charge is 0.336 e. The standard InChI is InChI=1S/C37H39N7O2S/c1-21-26(18-38-44(21)20-37-15-22-12-23(16-37)14-24(13-22)17-37)25-8-9-28-33(32(25)34(45)46)36(2,3)19-43(28)31-11-10-30(41-42-31)40-35-39-27-6-4-5-7-29(27)47-35/h4-11,18,22-24H,12-17,19-20H2,1-3H3,(H,45,46)(H,39,40,41). The van der Waals surface area contributed by atoms with Crippen LogP contribution in [0.3, 0.4) is 0 Å². The summed E-state index contributed by atoms with van der Waals surface area (Å²) >= 11 is 1.57. The Kier molecular flexibility index (Phi) is 6.36. The monoisotopic (exact) mass is 645 g/mol. The zero-order valence-electron chi connectivity index (χ0n) is 27.0. The number of carboxylic acid groups (broad SMARTS) is 1. The minimum Gasteiger partial charge on any atom is -0.478 e. The molecule has 3 aromatic heterocycles. The molecular formula is C37H39N7O2S. The number of benzene rings is 2. The molecule has 2 aromatic carbocycles. The number of para-hydroxylation sites is 1. The fourth-order valence-corrected chi connectivity index (χ4v) is 10.8. The maximum absolute atomic E-state index is 13.1. The van der Waals surface area contributed by atoms with Crippen molar-refractivity contribution in [1.82, 2.24) is 25.0 Å². The van der Waals surface area contributed by atoms with Gasteiger partial charge in [-0.3, -0.25) is 4.68 Å². The lowest BCUT2D eigenvalue weighted by Crippen LogP contribution is -2.48. The quantitative estimate of drug-likeness (QED) is 0.182. The average molecular weight is 646 g/mol. The van der Waals surface area contributed by atoms with Gasteiger partial charge in [-0.25, -0.2) is 9.78 Å². The number of fused-ring (bicyclic) bond motifs is 2. The molecule has 47 heavy (non-hydrogen) atoms. The highest BCUT2D eigenvalue weighted by Gasteiger charge is 2.51. The van der Waals surface area contributed by atoms with Crippen molar-refractivity contribution in [3.05, 3.63) is 71.5 Å². The lowest BCUT2D eigenvalue weighted by molar-refractivity contribution is -0.0638. The van der Waals surface area contributed by atoms with Crippen molar-refractivity contribution in [2.75, 3.05) is 16.8 Å². The predicted octanol–water partition coefficient (Wildman–Crippen LogP) is 8.35. The normalized spacial score (nSPS) is 25.4. The topological polar surface area (TPSA) is 109 Å². The number of carbonyl (C=O) groups is 1. The molecule has 5 aromatic rings. The van der Waals surface area contributed by atoms with Crippen molar-refractivity contribution in [3.63, 3.8) is 0 Å². The zero-order valence-corrected chi connectivity index (χ0v) is 27.8. The van der Waals surface area contributed by atoms with E-state index in [2.05, 4.69) is 56.9 Å². The third-order valence-corrected chi connectivity index (χ3v) is 12.4. The molecule has 4 saturated carbocycles. The van der Waals surface area contributed by atoms with Gasteiger partial charge in [-0.2, -0.15) is 5.10 Å². The van der Waals surface area contributed by atoms with E-state index in [4.69, 9.17) is 5.10 Å². The van der Waals surface area contributed by atoms with Gasteiger partial charge < -0.3 is 15.3 Å². The fraction of sp³-hybridized carbons (Fsp3) is 0.432. The molecule has 0 spiro atoms. The van der Waals surface area contributed by atoms with Gasteiger partial charge in [0.15, 0.2) is 16.8 Å². The first-order valence-corrected chi connectivity index (χ1v) is 17.6. The van der Waals surface area contributed by atoms with Crippen LogP contribution >= 0.6 is 11.3 Å². The van der Waals surface area contributed by atoms with Crippen molar-refractivity contribution in [1.29, 1.82) is 0 Å². The molecule has 0 saturated heterocycles. The highest BCUT2D eigenvalue weighted by molar-refractivity contribution is 7.22. The Balaban J connectivity index is 1.02. The van der Waals surface area contributed by atoms with Crippen LogP contribution in [0.25, 0.3) is 21.3 Å². The second-order valence-electron chi connectivity index (χ2n) is 15.3. The van der Waals surface area contributed by atoms with Gasteiger partial charge in [-0.15, -0.1) is 10.2 Å². The van der Waals surface area contributed by atoms with Crippen molar-refractivity contribution < 1.29 is 9.90 Å². The van der Waals surface area contributed by atoms with E-state index < -0.39 is 11.4 Å². The summed E-state index contributed by atoms with van der Waals surface area (Å²) in [4.78, 5) is 19.8. The Bertz CT molecular complexity index is 1980. The summed E-state index contributed by atoms with van der Waals surface area (Å²) < 4.78 is 3.28. The summed E-state index contributed by atoms with van der Waals surface area (Å²) in [6.07, 6.45) is 10.1. The van der Waals surface area contributed by atoms with Crippen molar-refractivity contribution in [2.45, 2.75) is 71.3 Å². The predicted molar refractivity (Wildman–Crippen MR) is 185 cm³/mol. The number of rotatable bonds is 7. The van der Waals surface area contributed by atoms with Crippen molar-refractivity contribution >= 4 is 50.0 Å². The third-order valence-electron chi connectivity index (χ3n) is 11.4. The van der Waals surface area contributed by atoms with Crippen LogP contribution in [0.2, 0.25) is 0 Å². The van der Waals surface area contributed by atoms with Gasteiger partial charge in [0.1, 0.15) is 0 Å². The molecule has 0 radical (unpaired) electrons. The van der Waals surface area contributed by atoms with Crippen LogP contribution in [-0.2, 0) is 12.0 Å². The van der Waals surface area contributed by atoms with Crippen LogP contribution in [0.1, 0.15) is 74.0 Å². The first-order valence-electron chi connectivity index (χ1n) is 16.8. The number of aromatic carboxylic acids is 1. The molecule has 0 atom stereocenters. The van der Waals surface area contributed by atoms with Gasteiger partial charge in [-0.1, -0.05) is 43.4 Å². The summed E-state index contributed by atoms with van der Waals surface area (Å²) in [5.74, 6) is 3.01. The highest BCUT2D eigenvalue weighted by Crippen LogP contribution is 2.60. The molecule has 0 amide bonds. The summed E-state index contributed by atoms with van der Waals surface area (Å²) in [5.41, 5.74) is 5.61. The third kappa shape index (κ3) is 4.74. The molecule has 0 unspecified atom stereocenters. The van der Waals surface area contributed by atoms with Crippen LogP contribution in [-0.4, -0.2) is 42.6 Å². The molecule has 10 heteroatoms. The molecule has 1 aliphatic heterocycles. The fourth-order valence-electron chi connectivity index (χ4n) is 9.95. The van der Waals surface area contributed by atoms with Gasteiger partial charge in [0, 0.05) is 41.0 Å². The number of carboxylic acids is 1. The largest absolute Gasteiger partial charge is 0.478 e. The first-order chi connectivity index (χ1) is 22.6. The highest BCUT2D eigenvalue weighted by atomic mass is 32.1. The van der Waals surface area contributed by atoms with E-state index in [9.17, 15) is 9.90 Å². The zero-order chi connectivity index (χ0) is 32.1. The van der Waals surface area contributed by atoms with E-state index in [1.807, 2.05) is 48.7 Å². The van der Waals surface area contributed by atoms with E-state index in [1.54, 1.807) is 11.3 Å². The Morgan fingerprint density at radius 1 is 0.979 bits per heavy atom. The van der Waals surface area contributed by atoms with Crippen molar-refractivity contribution in [2.24, 2.45) is 23.2 Å². The Hall–Kier alpha value is -4.31. The molecular weight excluding hydrogens is 607 g/mol. The van der Waals surface area contributed by atoms with Gasteiger partial charge in [0.2, 0.25) is 0 Å². The number of anilines is 4. The molecule has 4 aliphatic carbocycles. The van der Waals surface area contributed by atoms with E-state index in [0.29, 0.717) is 29.2 Å². The average Bonchev–Trinajstić information content (AvgIpc) is 3.68. The van der Waals surface area contributed by atoms with Crippen LogP contribution in [0.5, 0.6) is 0 Å². The summed E-state index contributed by atoms with van der Waals surface area (Å²) in [6.45, 7) is 7.87. The van der Waals surface area contributed by atoms with Crippen LogP contribution in [0.15, 0.2) is 54.7 Å². The van der Waals surface area contributed by atoms with Crippen LogP contribution in [0, 0.1) is 30.1 Å². The van der Waals surface area contributed by atoms with E-state index in [1.165, 1.54) is 38.5 Å². The number of nitrogens with one attached hydrogen (secondary N) is 1. The first kappa shape index (κ1) is 28.9. The minimum absolute atomic E-state index is 0.347. The summed E-state index contributed by atoms with van der Waals surface area (Å²) in [6, 6.07) is 15.9. The lowest BCUT2D eigenvalue weighted by Gasteiger charge is -2.56. The summed E-state index contributed by atoms with van der Waals surface area (Å²) in [5, 5.41) is 28.7. The van der Waals surface area contributed by atoms with Gasteiger partial charge >= 0.3 is 5.97 Å². The van der Waals surface area contributed by atoms with Gasteiger partial charge in [-0.05, 0) is 105 Å². The molecule has 4 fully saturated rings. The maximum atomic E-state index is 13.1. The number of hydrogen-bond acceptors (Lipinski definition) is 8. The number of aromatic nitrogens is 5. The number of nitrogens with zero attached hydrogens (tertiary/aromatic N) is 6. The second-order valence-corrected chi connectivity index (χ2v) is 16.3. The van der Waals surface area contributed by atoms with Gasteiger partial charge in [0.05, 0.1) is 22.0 Å². The van der Waals surface area contributed by atoms with E-state index >= 15 is 0 Å². The molecule has 2 N–H and O–H groups in total. The Morgan fingerprint density at radius 2 is 1.72 bits per heavy atom. The molecule has 4 heterocycles. The van der Waals surface area contributed by atoms with Crippen molar-refractivity contribution in [3.8, 4) is 11.1 Å². The molecule has 5 aliphatic rings.